The summed E-state index contributed by atoms with van der Waals surface area (Å²) in [7, 11) is -1.11. The van der Waals surface area contributed by atoms with Gasteiger partial charge in [0.1, 0.15) is 0 Å². The first-order valence-electron chi connectivity index (χ1n) is 6.75. The average Bonchev–Trinajstić information content (AvgIpc) is 2.54. The zero-order valence-corrected chi connectivity index (χ0v) is 12.7. The van der Waals surface area contributed by atoms with Crippen molar-refractivity contribution in [3.63, 3.8) is 0 Å². The Morgan fingerprint density at radius 3 is 2.76 bits per heavy atom. The number of hydrogen-bond donors (Lipinski definition) is 0. The summed E-state index contributed by atoms with van der Waals surface area (Å²) in [6.07, 6.45) is 0.802. The molecule has 3 aromatic rings. The van der Waals surface area contributed by atoms with Crippen molar-refractivity contribution in [2.24, 2.45) is 0 Å². The van der Waals surface area contributed by atoms with Gasteiger partial charge in [0.05, 0.1) is 27.9 Å². The van der Waals surface area contributed by atoms with Gasteiger partial charge in [-0.25, -0.2) is 4.21 Å². The normalized spacial score (nSPS) is 16.5. The van der Waals surface area contributed by atoms with Gasteiger partial charge >= 0.3 is 0 Å². The van der Waals surface area contributed by atoms with E-state index < -0.39 is 10.8 Å². The van der Waals surface area contributed by atoms with Gasteiger partial charge in [0.15, 0.2) is 0 Å². The summed E-state index contributed by atoms with van der Waals surface area (Å²) in [4.78, 5) is 6.38. The largest absolute Gasteiger partial charge is 0.252 e. The lowest BCUT2D eigenvalue weighted by atomic mass is 9.99. The first kappa shape index (κ1) is 13.0. The van der Waals surface area contributed by atoms with Crippen molar-refractivity contribution < 1.29 is 4.21 Å². The Morgan fingerprint density at radius 1 is 1.05 bits per heavy atom. The van der Waals surface area contributed by atoms with Crippen LogP contribution in [0.25, 0.3) is 10.9 Å². The highest BCUT2D eigenvalue weighted by Gasteiger charge is 2.23. The minimum atomic E-state index is -1.11. The molecule has 4 heteroatoms. The van der Waals surface area contributed by atoms with Gasteiger partial charge in [-0.15, -0.1) is 11.6 Å². The van der Waals surface area contributed by atoms with Gasteiger partial charge in [-0.2, -0.15) is 0 Å². The summed E-state index contributed by atoms with van der Waals surface area (Å²) >= 11 is 5.85. The van der Waals surface area contributed by atoms with Crippen LogP contribution in [-0.2, 0) is 23.1 Å². The van der Waals surface area contributed by atoms with Crippen molar-refractivity contribution in [1.82, 2.24) is 4.98 Å². The van der Waals surface area contributed by atoms with Crippen molar-refractivity contribution in [1.29, 1.82) is 0 Å². The maximum Gasteiger partial charge on any atom is 0.0855 e. The lowest BCUT2D eigenvalue weighted by molar-refractivity contribution is 0.680. The number of pyridine rings is 1. The third-order valence-corrected chi connectivity index (χ3v) is 5.73. The fourth-order valence-corrected chi connectivity index (χ4v) is 4.42. The van der Waals surface area contributed by atoms with Gasteiger partial charge in [-0.3, -0.25) is 4.98 Å². The van der Waals surface area contributed by atoms with Gasteiger partial charge in [-0.1, -0.05) is 24.3 Å². The van der Waals surface area contributed by atoms with Gasteiger partial charge in [0.25, 0.3) is 0 Å². The number of halogens is 1. The monoisotopic (exact) mass is 313 g/mol. The van der Waals surface area contributed by atoms with E-state index >= 15 is 0 Å². The maximum absolute atomic E-state index is 12.7. The fraction of sp³-hybridized carbons (Fsp3) is 0.118. The first-order chi connectivity index (χ1) is 10.3. The number of rotatable bonds is 1. The van der Waals surface area contributed by atoms with E-state index in [4.69, 9.17) is 11.6 Å². The Bertz CT molecular complexity index is 891. The number of aromatic nitrogens is 1. The summed E-state index contributed by atoms with van der Waals surface area (Å²) in [5.74, 6) is 0.405. The van der Waals surface area contributed by atoms with Crippen LogP contribution in [0.4, 0.5) is 0 Å². The second-order valence-corrected chi connectivity index (χ2v) is 6.78. The Hall–Kier alpha value is -1.71. The summed E-state index contributed by atoms with van der Waals surface area (Å²) in [6, 6.07) is 15.8. The standard InChI is InChI=1S/C17H12ClNOS/c18-10-12-5-6-13-14-9-11-3-1-2-4-16(11)21(20)17(14)8-7-15(13)19-12/h1-8H,9-10H2. The molecule has 104 valence electrons. The lowest BCUT2D eigenvalue weighted by Crippen LogP contribution is -2.10. The molecule has 2 nitrogen and oxygen atoms in total. The number of benzene rings is 2. The van der Waals surface area contributed by atoms with Crippen molar-refractivity contribution >= 4 is 33.3 Å². The molecular weight excluding hydrogens is 302 g/mol. The highest BCUT2D eigenvalue weighted by atomic mass is 35.5. The molecule has 0 saturated heterocycles. The van der Waals surface area contributed by atoms with Gasteiger partial charge < -0.3 is 0 Å². The van der Waals surface area contributed by atoms with Crippen LogP contribution in [0.3, 0.4) is 0 Å². The second kappa shape index (κ2) is 4.93. The number of nitrogens with zero attached hydrogens (tertiary/aromatic N) is 1. The van der Waals surface area contributed by atoms with Crippen molar-refractivity contribution in [2.45, 2.75) is 22.1 Å². The van der Waals surface area contributed by atoms with Crippen LogP contribution in [0, 0.1) is 0 Å². The van der Waals surface area contributed by atoms with Gasteiger partial charge in [-0.05, 0) is 35.4 Å². The Labute approximate surface area is 130 Å². The van der Waals surface area contributed by atoms with Crippen LogP contribution >= 0.6 is 11.6 Å². The van der Waals surface area contributed by atoms with Crippen LogP contribution in [0.1, 0.15) is 16.8 Å². The molecule has 0 bridgehead atoms. The predicted molar refractivity (Wildman–Crippen MR) is 85.2 cm³/mol. The molecule has 0 amide bonds. The summed E-state index contributed by atoms with van der Waals surface area (Å²) in [6.45, 7) is 0. The molecule has 0 N–H and O–H groups in total. The molecule has 1 aliphatic heterocycles. The van der Waals surface area contributed by atoms with Crippen LogP contribution in [-0.4, -0.2) is 9.19 Å². The van der Waals surface area contributed by atoms with Crippen molar-refractivity contribution in [3.05, 3.63) is 65.4 Å². The number of hydrogen-bond acceptors (Lipinski definition) is 2. The first-order valence-corrected chi connectivity index (χ1v) is 8.43. The van der Waals surface area contributed by atoms with E-state index in [2.05, 4.69) is 11.1 Å². The maximum atomic E-state index is 12.7. The summed E-state index contributed by atoms with van der Waals surface area (Å²) in [5, 5.41) is 1.07. The molecule has 4 rings (SSSR count). The Balaban J connectivity index is 1.98. The van der Waals surface area contributed by atoms with Gasteiger partial charge in [0.2, 0.25) is 0 Å². The molecule has 0 radical (unpaired) electrons. The topological polar surface area (TPSA) is 30.0 Å². The van der Waals surface area contributed by atoms with Crippen molar-refractivity contribution in [3.8, 4) is 0 Å². The molecule has 2 aromatic carbocycles. The van der Waals surface area contributed by atoms with E-state index in [1.807, 2.05) is 42.5 Å². The smallest absolute Gasteiger partial charge is 0.0855 e. The van der Waals surface area contributed by atoms with E-state index in [-0.39, 0.29) is 0 Å². The SMILES string of the molecule is O=S1c2ccccc2Cc2c1ccc1nc(CCl)ccc21. The molecule has 1 unspecified atom stereocenters. The van der Waals surface area contributed by atoms with E-state index in [0.717, 1.165) is 43.9 Å². The molecule has 1 aromatic heterocycles. The van der Waals surface area contributed by atoms with E-state index in [9.17, 15) is 4.21 Å². The average molecular weight is 314 g/mol. The molecule has 0 saturated carbocycles. The molecule has 1 atom stereocenters. The number of fused-ring (bicyclic) bond motifs is 4. The van der Waals surface area contributed by atoms with Crippen molar-refractivity contribution in [2.75, 3.05) is 0 Å². The second-order valence-electron chi connectivity index (χ2n) is 5.10. The molecule has 0 aliphatic carbocycles. The minimum Gasteiger partial charge on any atom is -0.252 e. The van der Waals surface area contributed by atoms with Crippen LogP contribution < -0.4 is 0 Å². The van der Waals surface area contributed by atoms with E-state index in [1.165, 1.54) is 0 Å². The van der Waals surface area contributed by atoms with Crippen LogP contribution in [0.15, 0.2) is 58.3 Å². The summed E-state index contributed by atoms with van der Waals surface area (Å²) in [5.41, 5.74) is 4.04. The zero-order valence-electron chi connectivity index (χ0n) is 11.2. The Morgan fingerprint density at radius 2 is 1.90 bits per heavy atom. The zero-order chi connectivity index (χ0) is 14.4. The third kappa shape index (κ3) is 2.00. The lowest BCUT2D eigenvalue weighted by Gasteiger charge is -2.20. The quantitative estimate of drug-likeness (QED) is 0.496. The molecule has 1 aliphatic rings. The highest BCUT2D eigenvalue weighted by molar-refractivity contribution is 7.85. The van der Waals surface area contributed by atoms with Crippen LogP contribution in [0.2, 0.25) is 0 Å². The highest BCUT2D eigenvalue weighted by Crippen LogP contribution is 2.35. The van der Waals surface area contributed by atoms with Crippen LogP contribution in [0.5, 0.6) is 0 Å². The molecule has 0 spiro atoms. The Kier molecular flexibility index (Phi) is 3.05. The third-order valence-electron chi connectivity index (χ3n) is 3.87. The molecule has 2 heterocycles. The fourth-order valence-electron chi connectivity index (χ4n) is 2.86. The van der Waals surface area contributed by atoms with Gasteiger partial charge in [0, 0.05) is 21.6 Å². The molecular formula is C17H12ClNOS. The van der Waals surface area contributed by atoms with E-state index in [0.29, 0.717) is 5.88 Å². The molecule has 21 heavy (non-hydrogen) atoms. The molecule has 0 fully saturated rings. The number of alkyl halides is 1. The van der Waals surface area contributed by atoms with E-state index in [1.54, 1.807) is 0 Å². The predicted octanol–water partition coefficient (Wildman–Crippen LogP) is 4.04. The summed E-state index contributed by atoms with van der Waals surface area (Å²) < 4.78 is 12.7. The minimum absolute atomic E-state index is 0.405.